The van der Waals surface area contributed by atoms with Crippen LogP contribution in [0, 0.1) is 0 Å². The van der Waals surface area contributed by atoms with E-state index in [0.717, 1.165) is 45.1 Å². The first kappa shape index (κ1) is 21.0. The van der Waals surface area contributed by atoms with Crippen molar-refractivity contribution in [3.05, 3.63) is 108 Å². The summed E-state index contributed by atoms with van der Waals surface area (Å²) in [7, 11) is 8.15. The summed E-state index contributed by atoms with van der Waals surface area (Å²) in [6.07, 6.45) is 0. The van der Waals surface area contributed by atoms with Crippen molar-refractivity contribution in [1.82, 2.24) is 0 Å². The normalized spacial score (nSPS) is 13.6. The lowest BCUT2D eigenvalue weighted by atomic mass is 9.96. The lowest BCUT2D eigenvalue weighted by Gasteiger charge is -2.35. The predicted octanol–water partition coefficient (Wildman–Crippen LogP) is 6.16. The van der Waals surface area contributed by atoms with E-state index in [1.807, 2.05) is 64.6 Å². The minimum atomic E-state index is -1.14. The molecule has 1 aliphatic rings. The Morgan fingerprint density at radius 1 is 0.485 bits per heavy atom. The maximum absolute atomic E-state index is 6.85. The molecule has 0 spiro atoms. The monoisotopic (exact) mass is 436 g/mol. The first-order chi connectivity index (χ1) is 16.0. The van der Waals surface area contributed by atoms with Gasteiger partial charge in [0.25, 0.3) is 0 Å². The predicted molar refractivity (Wildman–Crippen MR) is 135 cm³/mol. The van der Waals surface area contributed by atoms with Crippen LogP contribution in [0.3, 0.4) is 0 Å². The van der Waals surface area contributed by atoms with Gasteiger partial charge in [-0.1, -0.05) is 36.4 Å². The highest BCUT2D eigenvalue weighted by Crippen LogP contribution is 2.47. The average molecular weight is 437 g/mol. The van der Waals surface area contributed by atoms with E-state index >= 15 is 0 Å². The van der Waals surface area contributed by atoms with Crippen molar-refractivity contribution in [2.24, 2.45) is 0 Å². The molecular formula is C29H28N2O2. The van der Waals surface area contributed by atoms with Gasteiger partial charge in [-0.2, -0.15) is 0 Å². The van der Waals surface area contributed by atoms with Crippen LogP contribution in [0.2, 0.25) is 0 Å². The molecule has 1 heterocycles. The fraction of sp³-hybridized carbons (Fsp3) is 0.172. The molecule has 0 saturated carbocycles. The maximum Gasteiger partial charge on any atom is 0.305 e. The second-order valence-electron chi connectivity index (χ2n) is 8.70. The highest BCUT2D eigenvalue weighted by Gasteiger charge is 2.43. The molecule has 33 heavy (non-hydrogen) atoms. The summed E-state index contributed by atoms with van der Waals surface area (Å²) in [6.45, 7) is 0. The Balaban J connectivity index is 1.75. The summed E-state index contributed by atoms with van der Waals surface area (Å²) < 4.78 is 13.7. The molecule has 4 aromatic rings. The zero-order valence-electron chi connectivity index (χ0n) is 19.4. The number of rotatable bonds is 4. The molecule has 0 aliphatic carbocycles. The molecule has 0 unspecified atom stereocenters. The smallest absolute Gasteiger partial charge is 0.305 e. The van der Waals surface area contributed by atoms with Gasteiger partial charge in [0.05, 0.1) is 0 Å². The van der Waals surface area contributed by atoms with Crippen LogP contribution in [0.4, 0.5) is 11.4 Å². The molecule has 5 rings (SSSR count). The van der Waals surface area contributed by atoms with E-state index in [1.54, 1.807) is 0 Å². The third-order valence-corrected chi connectivity index (χ3v) is 6.10. The maximum atomic E-state index is 6.85. The summed E-state index contributed by atoms with van der Waals surface area (Å²) >= 11 is 0. The van der Waals surface area contributed by atoms with Gasteiger partial charge >= 0.3 is 5.79 Å². The molecule has 0 saturated heterocycles. The van der Waals surface area contributed by atoms with Crippen LogP contribution in [0.5, 0.6) is 11.5 Å². The van der Waals surface area contributed by atoms with E-state index in [9.17, 15) is 0 Å². The van der Waals surface area contributed by atoms with Crippen molar-refractivity contribution in [3.63, 3.8) is 0 Å². The Morgan fingerprint density at radius 3 is 1.21 bits per heavy atom. The van der Waals surface area contributed by atoms with E-state index in [4.69, 9.17) is 9.47 Å². The molecule has 166 valence electrons. The summed E-state index contributed by atoms with van der Waals surface area (Å²) in [6, 6.07) is 33.0. The SMILES string of the molecule is CN(C)c1ccc(C2(c3ccc(N(C)C)cc3)Oc3ccccc3-c3ccccc3O2)cc1. The standard InChI is InChI=1S/C29H28N2O2/c1-30(2)23-17-13-21(14-18-23)29(22-15-19-24(20-16-22)31(3)4)32-27-11-7-5-9-25(27)26-10-6-8-12-28(26)33-29/h5-20H,1-4H3. The number of nitrogens with zero attached hydrogens (tertiary/aromatic N) is 2. The van der Waals surface area contributed by atoms with Crippen LogP contribution in [-0.4, -0.2) is 28.2 Å². The molecule has 0 fully saturated rings. The average Bonchev–Trinajstić information content (AvgIpc) is 2.99. The van der Waals surface area contributed by atoms with Crippen LogP contribution in [0.1, 0.15) is 11.1 Å². The highest BCUT2D eigenvalue weighted by molar-refractivity contribution is 5.77. The Morgan fingerprint density at radius 2 is 0.848 bits per heavy atom. The van der Waals surface area contributed by atoms with Gasteiger partial charge in [-0.3, -0.25) is 0 Å². The lowest BCUT2D eigenvalue weighted by Crippen LogP contribution is -2.40. The Kier molecular flexibility index (Phi) is 5.21. The number of ether oxygens (including phenoxy) is 2. The number of benzene rings is 4. The number of fused-ring (bicyclic) bond motifs is 3. The van der Waals surface area contributed by atoms with Gasteiger partial charge in [-0.05, 0) is 60.7 Å². The molecular weight excluding hydrogens is 408 g/mol. The van der Waals surface area contributed by atoms with Gasteiger partial charge in [0, 0.05) is 61.8 Å². The van der Waals surface area contributed by atoms with E-state index in [-0.39, 0.29) is 0 Å². The van der Waals surface area contributed by atoms with Crippen LogP contribution in [-0.2, 0) is 5.79 Å². The van der Waals surface area contributed by atoms with E-state index in [2.05, 4.69) is 70.5 Å². The van der Waals surface area contributed by atoms with Crippen LogP contribution < -0.4 is 19.3 Å². The minimum absolute atomic E-state index is 0.788. The second-order valence-corrected chi connectivity index (χ2v) is 8.70. The summed E-state index contributed by atoms with van der Waals surface area (Å²) in [4.78, 5) is 4.17. The van der Waals surface area contributed by atoms with Gasteiger partial charge in [0.15, 0.2) is 0 Å². The number of anilines is 2. The van der Waals surface area contributed by atoms with Gasteiger partial charge < -0.3 is 19.3 Å². The largest absolute Gasteiger partial charge is 0.444 e. The van der Waals surface area contributed by atoms with E-state index in [0.29, 0.717) is 0 Å². The van der Waals surface area contributed by atoms with Crippen molar-refractivity contribution in [2.75, 3.05) is 38.0 Å². The van der Waals surface area contributed by atoms with Gasteiger partial charge in [-0.25, -0.2) is 0 Å². The van der Waals surface area contributed by atoms with Gasteiger partial charge in [0.1, 0.15) is 11.5 Å². The third-order valence-electron chi connectivity index (χ3n) is 6.10. The molecule has 4 nitrogen and oxygen atoms in total. The zero-order valence-corrected chi connectivity index (χ0v) is 19.4. The molecule has 4 aromatic carbocycles. The molecule has 4 heteroatoms. The lowest BCUT2D eigenvalue weighted by molar-refractivity contribution is -0.0812. The zero-order chi connectivity index (χ0) is 23.0. The summed E-state index contributed by atoms with van der Waals surface area (Å²) in [5.41, 5.74) is 6.13. The topological polar surface area (TPSA) is 24.9 Å². The molecule has 0 radical (unpaired) electrons. The van der Waals surface area contributed by atoms with Crippen LogP contribution >= 0.6 is 0 Å². The first-order valence-corrected chi connectivity index (χ1v) is 11.1. The quantitative estimate of drug-likeness (QED) is 0.383. The molecule has 1 aliphatic heterocycles. The van der Waals surface area contributed by atoms with E-state index in [1.165, 1.54) is 0 Å². The Hall–Kier alpha value is -3.92. The minimum Gasteiger partial charge on any atom is -0.444 e. The van der Waals surface area contributed by atoms with Gasteiger partial charge in [0.2, 0.25) is 0 Å². The Bertz CT molecular complexity index is 1160. The first-order valence-electron chi connectivity index (χ1n) is 11.1. The van der Waals surface area contributed by atoms with Crippen molar-refractivity contribution in [1.29, 1.82) is 0 Å². The molecule has 0 N–H and O–H groups in total. The van der Waals surface area contributed by atoms with Crippen molar-refractivity contribution < 1.29 is 9.47 Å². The molecule has 0 amide bonds. The number of hydrogen-bond donors (Lipinski definition) is 0. The van der Waals surface area contributed by atoms with Crippen LogP contribution in [0.15, 0.2) is 97.1 Å². The van der Waals surface area contributed by atoms with Crippen LogP contribution in [0.25, 0.3) is 11.1 Å². The van der Waals surface area contributed by atoms with E-state index < -0.39 is 5.79 Å². The van der Waals surface area contributed by atoms with Crippen molar-refractivity contribution in [3.8, 4) is 22.6 Å². The van der Waals surface area contributed by atoms with Crippen molar-refractivity contribution in [2.45, 2.75) is 5.79 Å². The highest BCUT2D eigenvalue weighted by atomic mass is 16.7. The third kappa shape index (κ3) is 3.68. The second kappa shape index (κ2) is 8.21. The summed E-state index contributed by atoms with van der Waals surface area (Å²) in [5.74, 6) is 0.435. The molecule has 0 aromatic heterocycles. The van der Waals surface area contributed by atoms with Gasteiger partial charge in [-0.15, -0.1) is 0 Å². The van der Waals surface area contributed by atoms with Crippen molar-refractivity contribution >= 4 is 11.4 Å². The summed E-state index contributed by atoms with van der Waals surface area (Å²) in [5, 5.41) is 0. The molecule has 0 atom stereocenters. The fourth-order valence-electron chi connectivity index (χ4n) is 4.25. The number of hydrogen-bond acceptors (Lipinski definition) is 4. The Labute approximate surface area is 195 Å². The fourth-order valence-corrected chi connectivity index (χ4v) is 4.25. The molecule has 0 bridgehead atoms. The number of para-hydroxylation sites is 2.